The summed E-state index contributed by atoms with van der Waals surface area (Å²) in [7, 11) is 0. The summed E-state index contributed by atoms with van der Waals surface area (Å²) in [4.78, 5) is 26.4. The fourth-order valence-corrected chi connectivity index (χ4v) is 8.05. The highest BCUT2D eigenvalue weighted by atomic mass is 15.1. The third-order valence-electron chi connectivity index (χ3n) is 11.2. The van der Waals surface area contributed by atoms with Crippen molar-refractivity contribution >= 4 is 22.1 Å². The zero-order chi connectivity index (χ0) is 40.7. The molecule has 7 nitrogen and oxygen atoms in total. The van der Waals surface area contributed by atoms with Crippen molar-refractivity contribution in [1.29, 1.82) is 0 Å². The quantitative estimate of drug-likeness (QED) is 0.146. The lowest BCUT2D eigenvalue weighted by Crippen LogP contribution is -2.06. The predicted molar refractivity (Wildman–Crippen MR) is 244 cm³/mol. The van der Waals surface area contributed by atoms with Gasteiger partial charge in [-0.15, -0.1) is 0 Å². The number of imidazole rings is 2. The first-order valence-electron chi connectivity index (χ1n) is 20.6. The summed E-state index contributed by atoms with van der Waals surface area (Å²) in [5, 5.41) is 0. The van der Waals surface area contributed by atoms with Crippen molar-refractivity contribution in [2.45, 2.75) is 39.5 Å². The van der Waals surface area contributed by atoms with E-state index in [2.05, 4.69) is 158 Å². The second-order valence-corrected chi connectivity index (χ2v) is 15.8. The molecule has 10 aromatic rings. The molecule has 0 atom stereocenters. The standard InChI is InChI=1S/C53H43N7/c1-34(2)37-20-16-22-39(32-37)52-54-43-26-10-14-30-47(43)59(52)45-28-12-8-24-41(45)50-56-49(36-18-6-5-7-19-36)57-51(58-50)42-25-9-13-29-46(42)60-48-31-15-11-27-44(48)55-53(60)40-23-17-21-38(33-40)35(3)4/h5-35H,1-4H3. The van der Waals surface area contributed by atoms with Crippen LogP contribution < -0.4 is 0 Å². The van der Waals surface area contributed by atoms with E-state index in [1.807, 2.05) is 54.6 Å². The van der Waals surface area contributed by atoms with E-state index in [4.69, 9.17) is 24.9 Å². The molecule has 7 heteroatoms. The van der Waals surface area contributed by atoms with E-state index in [1.54, 1.807) is 0 Å². The molecule has 3 aromatic heterocycles. The second-order valence-electron chi connectivity index (χ2n) is 15.8. The molecule has 0 bridgehead atoms. The van der Waals surface area contributed by atoms with Crippen LogP contribution >= 0.6 is 0 Å². The number of hydrogen-bond donors (Lipinski definition) is 0. The summed E-state index contributed by atoms with van der Waals surface area (Å²) >= 11 is 0. The summed E-state index contributed by atoms with van der Waals surface area (Å²) in [6.45, 7) is 8.88. The minimum Gasteiger partial charge on any atom is -0.292 e. The van der Waals surface area contributed by atoms with Gasteiger partial charge in [-0.2, -0.15) is 0 Å². The second kappa shape index (κ2) is 15.3. The van der Waals surface area contributed by atoms with Crippen molar-refractivity contribution in [3.63, 3.8) is 0 Å². The summed E-state index contributed by atoms with van der Waals surface area (Å²) in [6, 6.07) is 60.9. The highest BCUT2D eigenvalue weighted by molar-refractivity contribution is 5.88. The first-order valence-corrected chi connectivity index (χ1v) is 20.6. The van der Waals surface area contributed by atoms with E-state index in [9.17, 15) is 0 Å². The van der Waals surface area contributed by atoms with Gasteiger partial charge < -0.3 is 0 Å². The molecule has 0 unspecified atom stereocenters. The highest BCUT2D eigenvalue weighted by Crippen LogP contribution is 2.38. The zero-order valence-corrected chi connectivity index (χ0v) is 34.0. The minimum atomic E-state index is 0.375. The van der Waals surface area contributed by atoms with Gasteiger partial charge in [0.25, 0.3) is 0 Å². The van der Waals surface area contributed by atoms with Crippen LogP contribution in [0.4, 0.5) is 0 Å². The van der Waals surface area contributed by atoms with Gasteiger partial charge in [0.15, 0.2) is 17.5 Å². The van der Waals surface area contributed by atoms with E-state index < -0.39 is 0 Å². The molecule has 0 amide bonds. The average molecular weight is 778 g/mol. The van der Waals surface area contributed by atoms with Gasteiger partial charge in [0, 0.05) is 27.8 Å². The van der Waals surface area contributed by atoms with Crippen molar-refractivity contribution in [3.8, 4) is 68.3 Å². The van der Waals surface area contributed by atoms with E-state index >= 15 is 0 Å². The zero-order valence-electron chi connectivity index (χ0n) is 34.0. The molecule has 0 aliphatic heterocycles. The largest absolute Gasteiger partial charge is 0.292 e. The van der Waals surface area contributed by atoms with Crippen LogP contribution in [-0.4, -0.2) is 34.1 Å². The van der Waals surface area contributed by atoms with Gasteiger partial charge in [0.1, 0.15) is 11.6 Å². The van der Waals surface area contributed by atoms with Crippen LogP contribution in [0.15, 0.2) is 176 Å². The summed E-state index contributed by atoms with van der Waals surface area (Å²) in [6.07, 6.45) is 0. The SMILES string of the molecule is CC(C)c1cccc(-c2nc3ccccc3n2-c2ccccc2-c2nc(-c3ccccc3)nc(-c3ccccc3-n3c(-c4cccc(C(C)C)c4)nc4ccccc43)n2)c1. The number of fused-ring (bicyclic) bond motifs is 2. The molecule has 10 rings (SSSR count). The smallest absolute Gasteiger partial charge is 0.166 e. The van der Waals surface area contributed by atoms with E-state index in [-0.39, 0.29) is 0 Å². The van der Waals surface area contributed by atoms with Crippen molar-refractivity contribution < 1.29 is 0 Å². The highest BCUT2D eigenvalue weighted by Gasteiger charge is 2.23. The summed E-state index contributed by atoms with van der Waals surface area (Å²) in [5.41, 5.74) is 12.9. The van der Waals surface area contributed by atoms with Crippen molar-refractivity contribution in [3.05, 3.63) is 187 Å². The van der Waals surface area contributed by atoms with Crippen LogP contribution in [0.5, 0.6) is 0 Å². The van der Waals surface area contributed by atoms with Crippen LogP contribution in [0.2, 0.25) is 0 Å². The number of para-hydroxylation sites is 6. The maximum atomic E-state index is 5.39. The molecule has 0 radical (unpaired) electrons. The lowest BCUT2D eigenvalue weighted by atomic mass is 10.0. The summed E-state index contributed by atoms with van der Waals surface area (Å²) < 4.78 is 4.50. The number of aromatic nitrogens is 7. The molecular weight excluding hydrogens is 735 g/mol. The minimum absolute atomic E-state index is 0.375. The molecule has 290 valence electrons. The summed E-state index contributed by atoms with van der Waals surface area (Å²) in [5.74, 6) is 4.17. The molecule has 0 N–H and O–H groups in total. The molecule has 0 aliphatic rings. The van der Waals surface area contributed by atoms with Crippen molar-refractivity contribution in [1.82, 2.24) is 34.1 Å². The van der Waals surface area contributed by atoms with Crippen molar-refractivity contribution in [2.24, 2.45) is 0 Å². The Morgan fingerprint density at radius 2 is 0.750 bits per heavy atom. The average Bonchev–Trinajstić information content (AvgIpc) is 3.89. The van der Waals surface area contributed by atoms with E-state index in [1.165, 1.54) is 11.1 Å². The third-order valence-corrected chi connectivity index (χ3v) is 11.2. The van der Waals surface area contributed by atoms with Gasteiger partial charge in [-0.1, -0.05) is 143 Å². The Labute approximate surface area is 349 Å². The van der Waals surface area contributed by atoms with Crippen LogP contribution in [0, 0.1) is 0 Å². The normalized spacial score (nSPS) is 11.6. The van der Waals surface area contributed by atoms with E-state index in [0.29, 0.717) is 29.3 Å². The van der Waals surface area contributed by atoms with Crippen LogP contribution in [0.25, 0.3) is 90.4 Å². The Kier molecular flexibility index (Phi) is 9.41. The topological polar surface area (TPSA) is 74.3 Å². The Bertz CT molecular complexity index is 2980. The maximum absolute atomic E-state index is 5.39. The molecule has 7 aromatic carbocycles. The van der Waals surface area contributed by atoms with Gasteiger partial charge in [-0.05, 0) is 83.6 Å². The molecule has 0 fully saturated rings. The molecule has 0 aliphatic carbocycles. The Balaban J connectivity index is 1.21. The van der Waals surface area contributed by atoms with Crippen molar-refractivity contribution in [2.75, 3.05) is 0 Å². The Morgan fingerprint density at radius 1 is 0.350 bits per heavy atom. The molecule has 0 saturated heterocycles. The lowest BCUT2D eigenvalue weighted by Gasteiger charge is -2.17. The number of rotatable bonds is 9. The van der Waals surface area contributed by atoms with Gasteiger partial charge in [0.2, 0.25) is 0 Å². The van der Waals surface area contributed by atoms with Gasteiger partial charge in [0.05, 0.1) is 33.4 Å². The van der Waals surface area contributed by atoms with Gasteiger partial charge in [-0.3, -0.25) is 9.13 Å². The monoisotopic (exact) mass is 777 g/mol. The number of hydrogen-bond acceptors (Lipinski definition) is 5. The maximum Gasteiger partial charge on any atom is 0.166 e. The van der Waals surface area contributed by atoms with E-state index in [0.717, 1.165) is 72.9 Å². The third kappa shape index (κ3) is 6.64. The van der Waals surface area contributed by atoms with Gasteiger partial charge in [-0.25, -0.2) is 24.9 Å². The Morgan fingerprint density at radius 3 is 1.23 bits per heavy atom. The molecule has 60 heavy (non-hydrogen) atoms. The molecule has 0 spiro atoms. The fraction of sp³-hybridized carbons (Fsp3) is 0.113. The first kappa shape index (κ1) is 36.8. The Hall–Kier alpha value is -7.51. The van der Waals surface area contributed by atoms with Crippen LogP contribution in [-0.2, 0) is 0 Å². The molecule has 3 heterocycles. The number of benzene rings is 7. The first-order chi connectivity index (χ1) is 29.4. The lowest BCUT2D eigenvalue weighted by molar-refractivity contribution is 0.866. The molecular formula is C53H43N7. The number of nitrogens with zero attached hydrogens (tertiary/aromatic N) is 7. The fourth-order valence-electron chi connectivity index (χ4n) is 8.05. The molecule has 0 saturated carbocycles. The van der Waals surface area contributed by atoms with Crippen LogP contribution in [0.1, 0.15) is 50.7 Å². The van der Waals surface area contributed by atoms with Gasteiger partial charge >= 0.3 is 0 Å². The predicted octanol–water partition coefficient (Wildman–Crippen LogP) is 13.1. The van der Waals surface area contributed by atoms with Crippen LogP contribution in [0.3, 0.4) is 0 Å².